The molecule has 0 aliphatic heterocycles. The first kappa shape index (κ1) is 6.16. The van der Waals surface area contributed by atoms with Crippen LogP contribution in [-0.2, 0) is 9.59 Å². The number of rotatable bonds is 0. The second kappa shape index (κ2) is 1.51. The Kier molecular flexibility index (Phi) is 1.03. The van der Waals surface area contributed by atoms with E-state index in [0.717, 1.165) is 0 Å². The van der Waals surface area contributed by atoms with Crippen molar-refractivity contribution in [2.45, 2.75) is 12.5 Å². The van der Waals surface area contributed by atoms with Gasteiger partial charge in [0.05, 0.1) is 0 Å². The highest BCUT2D eigenvalue weighted by Gasteiger charge is 2.37. The standard InChI is InChI=1S/C6H7NO2/c1-6(7)4(8)2-3-5(6)9/h2-3H,7H2,1H3. The van der Waals surface area contributed by atoms with Crippen LogP contribution in [0, 0.1) is 0 Å². The van der Waals surface area contributed by atoms with Crippen molar-refractivity contribution < 1.29 is 9.59 Å². The van der Waals surface area contributed by atoms with Gasteiger partial charge in [0.2, 0.25) is 0 Å². The highest BCUT2D eigenvalue weighted by Crippen LogP contribution is 2.11. The lowest BCUT2D eigenvalue weighted by Gasteiger charge is -2.11. The lowest BCUT2D eigenvalue weighted by atomic mass is 9.99. The zero-order chi connectivity index (χ0) is 7.07. The molecule has 0 radical (unpaired) electrons. The van der Waals surface area contributed by atoms with Gasteiger partial charge in [0.25, 0.3) is 0 Å². The summed E-state index contributed by atoms with van der Waals surface area (Å²) in [6.45, 7) is 1.41. The van der Waals surface area contributed by atoms with Crippen LogP contribution in [-0.4, -0.2) is 17.1 Å². The van der Waals surface area contributed by atoms with E-state index >= 15 is 0 Å². The Morgan fingerprint density at radius 1 is 1.33 bits per heavy atom. The predicted octanol–water partition coefficient (Wildman–Crippen LogP) is -0.588. The Morgan fingerprint density at radius 3 is 1.78 bits per heavy atom. The number of hydrogen-bond acceptors (Lipinski definition) is 3. The third-order valence-corrected chi connectivity index (χ3v) is 1.41. The average molecular weight is 125 g/mol. The molecule has 9 heavy (non-hydrogen) atoms. The lowest BCUT2D eigenvalue weighted by Crippen LogP contribution is -2.47. The number of hydrogen-bond donors (Lipinski definition) is 1. The molecule has 1 aliphatic rings. The van der Waals surface area contributed by atoms with Gasteiger partial charge < -0.3 is 5.73 Å². The Morgan fingerprint density at radius 2 is 1.67 bits per heavy atom. The van der Waals surface area contributed by atoms with Crippen LogP contribution in [0.2, 0.25) is 0 Å². The van der Waals surface area contributed by atoms with E-state index < -0.39 is 5.54 Å². The fourth-order valence-corrected chi connectivity index (χ4v) is 0.619. The van der Waals surface area contributed by atoms with E-state index in [4.69, 9.17) is 5.73 Å². The Labute approximate surface area is 52.5 Å². The van der Waals surface area contributed by atoms with E-state index in [1.807, 2.05) is 0 Å². The largest absolute Gasteiger partial charge is 0.312 e. The molecule has 0 atom stereocenters. The minimum absolute atomic E-state index is 0.312. The smallest absolute Gasteiger partial charge is 0.183 e. The van der Waals surface area contributed by atoms with Crippen molar-refractivity contribution in [3.8, 4) is 0 Å². The monoisotopic (exact) mass is 125 g/mol. The summed E-state index contributed by atoms with van der Waals surface area (Å²) in [4.78, 5) is 21.3. The molecule has 0 spiro atoms. The second-order valence-corrected chi connectivity index (χ2v) is 2.26. The zero-order valence-electron chi connectivity index (χ0n) is 5.05. The highest BCUT2D eigenvalue weighted by atomic mass is 16.2. The summed E-state index contributed by atoms with van der Waals surface area (Å²) >= 11 is 0. The van der Waals surface area contributed by atoms with Gasteiger partial charge in [-0.15, -0.1) is 0 Å². The van der Waals surface area contributed by atoms with Crippen molar-refractivity contribution in [2.24, 2.45) is 5.73 Å². The van der Waals surface area contributed by atoms with Crippen LogP contribution in [0.1, 0.15) is 6.92 Å². The maximum Gasteiger partial charge on any atom is 0.183 e. The van der Waals surface area contributed by atoms with Gasteiger partial charge in [0.15, 0.2) is 11.6 Å². The van der Waals surface area contributed by atoms with E-state index in [0.29, 0.717) is 0 Å². The van der Waals surface area contributed by atoms with Crippen LogP contribution in [0.3, 0.4) is 0 Å². The third-order valence-electron chi connectivity index (χ3n) is 1.41. The van der Waals surface area contributed by atoms with Gasteiger partial charge in [-0.3, -0.25) is 9.59 Å². The van der Waals surface area contributed by atoms with Gasteiger partial charge >= 0.3 is 0 Å². The van der Waals surface area contributed by atoms with Gasteiger partial charge in [-0.1, -0.05) is 0 Å². The summed E-state index contributed by atoms with van der Waals surface area (Å²) < 4.78 is 0. The molecule has 0 aromatic heterocycles. The van der Waals surface area contributed by atoms with Crippen molar-refractivity contribution in [1.82, 2.24) is 0 Å². The molecule has 1 rings (SSSR count). The molecule has 3 nitrogen and oxygen atoms in total. The summed E-state index contributed by atoms with van der Waals surface area (Å²) in [5.74, 6) is -0.625. The van der Waals surface area contributed by atoms with Crippen LogP contribution < -0.4 is 5.73 Å². The number of carbonyl (C=O) groups excluding carboxylic acids is 2. The fraction of sp³-hybridized carbons (Fsp3) is 0.333. The maximum absolute atomic E-state index is 10.7. The molecule has 2 N–H and O–H groups in total. The number of carbonyl (C=O) groups is 2. The van der Waals surface area contributed by atoms with Crippen molar-refractivity contribution in [1.29, 1.82) is 0 Å². The van der Waals surface area contributed by atoms with E-state index in [-0.39, 0.29) is 11.6 Å². The van der Waals surface area contributed by atoms with E-state index in [1.54, 1.807) is 0 Å². The van der Waals surface area contributed by atoms with Crippen LogP contribution in [0.15, 0.2) is 12.2 Å². The molecule has 0 aromatic carbocycles. The molecule has 0 amide bonds. The average Bonchev–Trinajstić information content (AvgIpc) is 1.96. The molecular formula is C6H7NO2. The first-order valence-corrected chi connectivity index (χ1v) is 2.61. The molecule has 0 bridgehead atoms. The molecule has 0 saturated carbocycles. The first-order chi connectivity index (χ1) is 4.05. The molecule has 0 aromatic rings. The number of nitrogens with two attached hydrogens (primary N) is 1. The number of ketones is 2. The fourth-order valence-electron chi connectivity index (χ4n) is 0.619. The molecule has 0 unspecified atom stereocenters. The molecule has 0 saturated heterocycles. The van der Waals surface area contributed by atoms with Crippen molar-refractivity contribution in [3.05, 3.63) is 12.2 Å². The second-order valence-electron chi connectivity index (χ2n) is 2.26. The molecule has 0 fully saturated rings. The van der Waals surface area contributed by atoms with E-state index in [2.05, 4.69) is 0 Å². The highest BCUT2D eigenvalue weighted by molar-refractivity contribution is 6.25. The van der Waals surface area contributed by atoms with Crippen LogP contribution in [0.25, 0.3) is 0 Å². The molecule has 48 valence electrons. The normalized spacial score (nSPS) is 23.3. The van der Waals surface area contributed by atoms with E-state index in [1.165, 1.54) is 19.1 Å². The van der Waals surface area contributed by atoms with Gasteiger partial charge in [-0.05, 0) is 19.1 Å². The molecule has 0 heterocycles. The Hall–Kier alpha value is -0.960. The summed E-state index contributed by atoms with van der Waals surface area (Å²) in [7, 11) is 0. The lowest BCUT2D eigenvalue weighted by molar-refractivity contribution is -0.126. The van der Waals surface area contributed by atoms with Gasteiger partial charge in [0, 0.05) is 0 Å². The molecular weight excluding hydrogens is 118 g/mol. The van der Waals surface area contributed by atoms with Crippen LogP contribution >= 0.6 is 0 Å². The molecule has 1 aliphatic carbocycles. The SMILES string of the molecule is CC1(N)C(=O)C=CC1=O. The van der Waals surface area contributed by atoms with Crippen molar-refractivity contribution >= 4 is 11.6 Å². The van der Waals surface area contributed by atoms with Crippen LogP contribution in [0.5, 0.6) is 0 Å². The first-order valence-electron chi connectivity index (χ1n) is 2.61. The van der Waals surface area contributed by atoms with Crippen LogP contribution in [0.4, 0.5) is 0 Å². The third kappa shape index (κ3) is 0.695. The van der Waals surface area contributed by atoms with Crippen molar-refractivity contribution in [2.75, 3.05) is 0 Å². The minimum Gasteiger partial charge on any atom is -0.312 e. The summed E-state index contributed by atoms with van der Waals surface area (Å²) in [6, 6.07) is 0. The minimum atomic E-state index is -1.28. The summed E-state index contributed by atoms with van der Waals surface area (Å²) in [6.07, 6.45) is 2.42. The van der Waals surface area contributed by atoms with Gasteiger partial charge in [0.1, 0.15) is 5.54 Å². The van der Waals surface area contributed by atoms with Gasteiger partial charge in [-0.2, -0.15) is 0 Å². The topological polar surface area (TPSA) is 60.2 Å². The predicted molar refractivity (Wildman–Crippen MR) is 31.7 cm³/mol. The maximum atomic E-state index is 10.7. The van der Waals surface area contributed by atoms with Crippen molar-refractivity contribution in [3.63, 3.8) is 0 Å². The summed E-state index contributed by atoms with van der Waals surface area (Å²) in [5, 5.41) is 0. The Bertz CT molecular complexity index is 183. The van der Waals surface area contributed by atoms with Gasteiger partial charge in [-0.25, -0.2) is 0 Å². The Balaban J connectivity index is 3.02. The van der Waals surface area contributed by atoms with E-state index in [9.17, 15) is 9.59 Å². The summed E-state index contributed by atoms with van der Waals surface area (Å²) in [5.41, 5.74) is 4.03. The quantitative estimate of drug-likeness (QED) is 0.440. The molecule has 3 heteroatoms. The zero-order valence-corrected chi connectivity index (χ0v) is 5.05.